The number of aryl methyl sites for hydroxylation is 2. The summed E-state index contributed by atoms with van der Waals surface area (Å²) in [7, 11) is 1.49. The molecule has 0 atom stereocenters. The molecule has 0 radical (unpaired) electrons. The lowest BCUT2D eigenvalue weighted by atomic mass is 10.1. The highest BCUT2D eigenvalue weighted by molar-refractivity contribution is 5.77. The van der Waals surface area contributed by atoms with Gasteiger partial charge in [0.25, 0.3) is 5.91 Å². The number of benzene rings is 2. The number of methoxy groups -OCH3 is 1. The zero-order valence-corrected chi connectivity index (χ0v) is 16.8. The molecular formula is C22H26N2O4. The fourth-order valence-electron chi connectivity index (χ4n) is 2.68. The molecule has 0 bridgehead atoms. The average Bonchev–Trinajstić information content (AvgIpc) is 2.69. The largest absolute Gasteiger partial charge is 0.493 e. The van der Waals surface area contributed by atoms with Crippen LogP contribution in [0.2, 0.25) is 0 Å². The first kappa shape index (κ1) is 21.1. The summed E-state index contributed by atoms with van der Waals surface area (Å²) < 4.78 is 16.5. The molecule has 0 aliphatic carbocycles. The molecule has 1 amide bonds. The Hall–Kier alpha value is -3.20. The second-order valence-corrected chi connectivity index (χ2v) is 6.52. The third kappa shape index (κ3) is 5.92. The van der Waals surface area contributed by atoms with Gasteiger partial charge in [-0.05, 0) is 62.1 Å². The lowest BCUT2D eigenvalue weighted by molar-refractivity contribution is -0.123. The second kappa shape index (κ2) is 10.2. The van der Waals surface area contributed by atoms with Crippen LogP contribution in [0.3, 0.4) is 0 Å². The van der Waals surface area contributed by atoms with Gasteiger partial charge in [-0.2, -0.15) is 5.26 Å². The van der Waals surface area contributed by atoms with E-state index in [4.69, 9.17) is 19.5 Å². The number of nitrogens with zero attached hydrogens (tertiary/aromatic N) is 1. The number of hydrogen-bond acceptors (Lipinski definition) is 5. The molecule has 2 aromatic carbocycles. The smallest absolute Gasteiger partial charge is 0.257 e. The molecule has 0 aliphatic heterocycles. The van der Waals surface area contributed by atoms with Crippen molar-refractivity contribution in [2.75, 3.05) is 26.9 Å². The van der Waals surface area contributed by atoms with Crippen LogP contribution in [-0.2, 0) is 4.79 Å². The Morgan fingerprint density at radius 2 is 1.86 bits per heavy atom. The number of amides is 1. The highest BCUT2D eigenvalue weighted by atomic mass is 16.5. The Labute approximate surface area is 166 Å². The molecule has 0 saturated heterocycles. The van der Waals surface area contributed by atoms with Crippen LogP contribution >= 0.6 is 0 Å². The topological polar surface area (TPSA) is 80.6 Å². The Morgan fingerprint density at radius 3 is 2.57 bits per heavy atom. The molecular weight excluding hydrogens is 356 g/mol. The molecule has 0 saturated carbocycles. The van der Waals surface area contributed by atoms with E-state index in [1.165, 1.54) is 18.2 Å². The van der Waals surface area contributed by atoms with Crippen LogP contribution in [0.4, 0.5) is 0 Å². The molecule has 6 heteroatoms. The van der Waals surface area contributed by atoms with Crippen molar-refractivity contribution in [2.45, 2.75) is 27.2 Å². The first-order valence-corrected chi connectivity index (χ1v) is 9.13. The van der Waals surface area contributed by atoms with Gasteiger partial charge in [-0.25, -0.2) is 0 Å². The first-order chi connectivity index (χ1) is 13.4. The molecule has 148 valence electrons. The third-order valence-corrected chi connectivity index (χ3v) is 4.32. The number of hydrogen-bond donors (Lipinski definition) is 1. The van der Waals surface area contributed by atoms with Crippen molar-refractivity contribution in [1.82, 2.24) is 5.32 Å². The van der Waals surface area contributed by atoms with Crippen LogP contribution in [0.1, 0.15) is 28.7 Å². The maximum atomic E-state index is 11.9. The molecule has 0 unspecified atom stereocenters. The predicted molar refractivity (Wildman–Crippen MR) is 107 cm³/mol. The average molecular weight is 382 g/mol. The molecule has 2 rings (SSSR count). The van der Waals surface area contributed by atoms with E-state index in [0.717, 1.165) is 11.3 Å². The Bertz CT molecular complexity index is 872. The SMILES string of the molecule is COc1cc(C#N)ccc1OCC(=O)NCCCOc1cc(C)cc(C)c1C. The maximum absolute atomic E-state index is 11.9. The van der Waals surface area contributed by atoms with Gasteiger partial charge >= 0.3 is 0 Å². The summed E-state index contributed by atoms with van der Waals surface area (Å²) in [6.07, 6.45) is 0.693. The van der Waals surface area contributed by atoms with Crippen LogP contribution in [0.15, 0.2) is 30.3 Å². The van der Waals surface area contributed by atoms with E-state index >= 15 is 0 Å². The second-order valence-electron chi connectivity index (χ2n) is 6.52. The fraction of sp³-hybridized carbons (Fsp3) is 0.364. The molecule has 6 nitrogen and oxygen atoms in total. The maximum Gasteiger partial charge on any atom is 0.257 e. The lowest BCUT2D eigenvalue weighted by Crippen LogP contribution is -2.30. The van der Waals surface area contributed by atoms with E-state index in [9.17, 15) is 4.79 Å². The molecule has 0 aliphatic rings. The molecule has 1 N–H and O–H groups in total. The normalized spacial score (nSPS) is 10.1. The molecule has 0 aromatic heterocycles. The molecule has 0 spiro atoms. The number of nitrogens with one attached hydrogen (secondary N) is 1. The molecule has 0 fully saturated rings. The summed E-state index contributed by atoms with van der Waals surface area (Å²) in [5, 5.41) is 11.7. The number of rotatable bonds is 9. The molecule has 2 aromatic rings. The zero-order valence-electron chi connectivity index (χ0n) is 16.8. The molecule has 0 heterocycles. The van der Waals surface area contributed by atoms with Crippen molar-refractivity contribution in [2.24, 2.45) is 0 Å². The predicted octanol–water partition coefficient (Wildman–Crippen LogP) is 3.46. The van der Waals surface area contributed by atoms with Gasteiger partial charge in [0.15, 0.2) is 18.1 Å². The number of nitriles is 1. The lowest BCUT2D eigenvalue weighted by Gasteiger charge is -2.13. The minimum atomic E-state index is -0.228. The van der Waals surface area contributed by atoms with E-state index in [2.05, 4.69) is 18.3 Å². The Kier molecular flexibility index (Phi) is 7.70. The highest BCUT2D eigenvalue weighted by Crippen LogP contribution is 2.27. The first-order valence-electron chi connectivity index (χ1n) is 9.13. The summed E-state index contributed by atoms with van der Waals surface area (Å²) in [4.78, 5) is 11.9. The van der Waals surface area contributed by atoms with E-state index in [1.807, 2.05) is 26.0 Å². The number of ether oxygens (including phenoxy) is 3. The van der Waals surface area contributed by atoms with E-state index in [1.54, 1.807) is 18.2 Å². The summed E-state index contributed by atoms with van der Waals surface area (Å²) in [5.41, 5.74) is 3.98. The fourth-order valence-corrected chi connectivity index (χ4v) is 2.68. The van der Waals surface area contributed by atoms with E-state index < -0.39 is 0 Å². The quantitative estimate of drug-likeness (QED) is 0.672. The summed E-state index contributed by atoms with van der Waals surface area (Å²) in [5.74, 6) is 1.50. The van der Waals surface area contributed by atoms with Crippen LogP contribution in [0, 0.1) is 32.1 Å². The van der Waals surface area contributed by atoms with Gasteiger partial charge in [-0.3, -0.25) is 4.79 Å². The number of carbonyl (C=O) groups excluding carboxylic acids is 1. The van der Waals surface area contributed by atoms with Crippen molar-refractivity contribution in [1.29, 1.82) is 5.26 Å². The minimum absolute atomic E-state index is 0.126. The van der Waals surface area contributed by atoms with E-state index in [0.29, 0.717) is 36.6 Å². The standard InChI is InChI=1S/C22H26N2O4/c1-15-10-16(2)17(3)20(11-15)27-9-5-8-24-22(25)14-28-19-7-6-18(13-23)12-21(19)26-4/h6-7,10-12H,5,8-9,14H2,1-4H3,(H,24,25). The molecule has 28 heavy (non-hydrogen) atoms. The number of carbonyl (C=O) groups is 1. The van der Waals surface area contributed by atoms with Gasteiger partial charge in [0.1, 0.15) is 5.75 Å². The van der Waals surface area contributed by atoms with E-state index in [-0.39, 0.29) is 12.5 Å². The monoisotopic (exact) mass is 382 g/mol. The zero-order chi connectivity index (χ0) is 20.5. The van der Waals surface area contributed by atoms with Gasteiger partial charge in [-0.15, -0.1) is 0 Å². The van der Waals surface area contributed by atoms with Crippen LogP contribution in [-0.4, -0.2) is 32.8 Å². The van der Waals surface area contributed by atoms with Gasteiger partial charge < -0.3 is 19.5 Å². The summed E-state index contributed by atoms with van der Waals surface area (Å²) in [6, 6.07) is 11.0. The highest BCUT2D eigenvalue weighted by Gasteiger charge is 2.09. The van der Waals surface area contributed by atoms with Crippen molar-refractivity contribution < 1.29 is 19.0 Å². The Balaban J connectivity index is 1.72. The van der Waals surface area contributed by atoms with Gasteiger partial charge in [0.05, 0.1) is 25.3 Å². The summed E-state index contributed by atoms with van der Waals surface area (Å²) in [6.45, 7) is 7.05. The van der Waals surface area contributed by atoms with Gasteiger partial charge in [0.2, 0.25) is 0 Å². The minimum Gasteiger partial charge on any atom is -0.493 e. The third-order valence-electron chi connectivity index (χ3n) is 4.32. The van der Waals surface area contributed by atoms with Gasteiger partial charge in [-0.1, -0.05) is 6.07 Å². The van der Waals surface area contributed by atoms with Crippen LogP contribution < -0.4 is 19.5 Å². The van der Waals surface area contributed by atoms with Crippen LogP contribution in [0.25, 0.3) is 0 Å². The Morgan fingerprint density at radius 1 is 1.07 bits per heavy atom. The van der Waals surface area contributed by atoms with Crippen molar-refractivity contribution >= 4 is 5.91 Å². The van der Waals surface area contributed by atoms with Crippen molar-refractivity contribution in [3.05, 3.63) is 52.6 Å². The van der Waals surface area contributed by atoms with Crippen molar-refractivity contribution in [3.63, 3.8) is 0 Å². The van der Waals surface area contributed by atoms with Gasteiger partial charge in [0, 0.05) is 12.6 Å². The summed E-state index contributed by atoms with van der Waals surface area (Å²) >= 11 is 0. The van der Waals surface area contributed by atoms with Crippen LogP contribution in [0.5, 0.6) is 17.2 Å². The van der Waals surface area contributed by atoms with Crippen molar-refractivity contribution in [3.8, 4) is 23.3 Å².